The number of benzene rings is 1. The molecule has 4 heterocycles. The van der Waals surface area contributed by atoms with Gasteiger partial charge in [0, 0.05) is 49.0 Å². The van der Waals surface area contributed by atoms with Crippen LogP contribution in [0.5, 0.6) is 5.75 Å². The zero-order chi connectivity index (χ0) is 29.4. The summed E-state index contributed by atoms with van der Waals surface area (Å²) >= 11 is 0. The van der Waals surface area contributed by atoms with Crippen molar-refractivity contribution in [3.05, 3.63) is 72.4 Å². The van der Waals surface area contributed by atoms with Crippen LogP contribution in [0.4, 0.5) is 24.5 Å². The van der Waals surface area contributed by atoms with Crippen LogP contribution in [0.15, 0.2) is 61.2 Å². The van der Waals surface area contributed by atoms with Crippen LogP contribution < -0.4 is 15.0 Å². The molecule has 3 aromatic heterocycles. The van der Waals surface area contributed by atoms with E-state index in [2.05, 4.69) is 53.1 Å². The van der Waals surface area contributed by atoms with Crippen molar-refractivity contribution in [3.8, 4) is 22.7 Å². The van der Waals surface area contributed by atoms with Crippen LogP contribution >= 0.6 is 0 Å². The molecule has 42 heavy (non-hydrogen) atoms. The summed E-state index contributed by atoms with van der Waals surface area (Å²) in [6, 6.07) is 9.71. The van der Waals surface area contributed by atoms with E-state index >= 15 is 0 Å². The van der Waals surface area contributed by atoms with Crippen LogP contribution in [0.25, 0.3) is 16.9 Å². The molecule has 2 fully saturated rings. The lowest BCUT2D eigenvalue weighted by atomic mass is 10.1. The van der Waals surface area contributed by atoms with Gasteiger partial charge in [0.15, 0.2) is 0 Å². The molecule has 0 radical (unpaired) electrons. The van der Waals surface area contributed by atoms with E-state index in [0.29, 0.717) is 28.8 Å². The molecule has 1 atom stereocenters. The summed E-state index contributed by atoms with van der Waals surface area (Å²) in [5, 5.41) is 11.3. The third-order valence-corrected chi connectivity index (χ3v) is 7.46. The van der Waals surface area contributed by atoms with E-state index in [1.165, 1.54) is 31.2 Å². The molecule has 218 valence electrons. The maximum absolute atomic E-state index is 12.8. The van der Waals surface area contributed by atoms with Crippen LogP contribution in [-0.4, -0.2) is 73.8 Å². The average molecular weight is 579 g/mol. The van der Waals surface area contributed by atoms with E-state index in [-0.39, 0.29) is 5.56 Å². The summed E-state index contributed by atoms with van der Waals surface area (Å²) in [5.74, 6) is -1.10. The molecule has 2 aliphatic rings. The zero-order valence-electron chi connectivity index (χ0n) is 23.0. The van der Waals surface area contributed by atoms with Gasteiger partial charge in [-0.15, -0.1) is 18.3 Å². The third kappa shape index (κ3) is 6.20. The van der Waals surface area contributed by atoms with Gasteiger partial charge in [-0.05, 0) is 57.0 Å². The molecule has 6 rings (SSSR count). The molecule has 1 N–H and O–H groups in total. The highest BCUT2D eigenvalue weighted by atomic mass is 19.4. The smallest absolute Gasteiger partial charge is 0.406 e. The number of nitrogens with zero attached hydrogens (tertiary/aromatic N) is 7. The molecule has 1 aromatic carbocycles. The SMILES string of the molecule is Cc1ncc(NC(=O)c2cccc(OC(F)(F)F)c2)cc1-n1cc(-c2cncc(N3CCN(C4CC4)CC3C)c2)nn1. The van der Waals surface area contributed by atoms with E-state index in [1.807, 2.05) is 6.20 Å². The Labute approximate surface area is 240 Å². The van der Waals surface area contributed by atoms with Crippen molar-refractivity contribution < 1.29 is 22.7 Å². The number of carbonyl (C=O) groups excluding carboxylic acids is 1. The Morgan fingerprint density at radius 3 is 2.69 bits per heavy atom. The van der Waals surface area contributed by atoms with Gasteiger partial charge in [0.2, 0.25) is 0 Å². The Balaban J connectivity index is 1.18. The molecule has 1 unspecified atom stereocenters. The number of carbonyl (C=O) groups is 1. The van der Waals surface area contributed by atoms with Crippen LogP contribution in [0, 0.1) is 6.92 Å². The predicted molar refractivity (Wildman–Crippen MR) is 150 cm³/mol. The number of piperazine rings is 1. The van der Waals surface area contributed by atoms with Crippen molar-refractivity contribution >= 4 is 17.3 Å². The van der Waals surface area contributed by atoms with Crippen molar-refractivity contribution in [2.24, 2.45) is 0 Å². The highest BCUT2D eigenvalue weighted by Gasteiger charge is 2.34. The maximum atomic E-state index is 12.8. The van der Waals surface area contributed by atoms with Crippen LogP contribution in [0.2, 0.25) is 0 Å². The van der Waals surface area contributed by atoms with Crippen LogP contribution in [0.1, 0.15) is 35.8 Å². The Bertz CT molecular complexity index is 1600. The quantitative estimate of drug-likeness (QED) is 0.332. The van der Waals surface area contributed by atoms with Gasteiger partial charge in [-0.2, -0.15) is 0 Å². The number of hydrogen-bond donors (Lipinski definition) is 1. The minimum atomic E-state index is -4.86. The molecular weight excluding hydrogens is 549 g/mol. The van der Waals surface area contributed by atoms with Crippen molar-refractivity contribution in [3.63, 3.8) is 0 Å². The molecule has 1 aliphatic heterocycles. The summed E-state index contributed by atoms with van der Waals surface area (Å²) in [4.78, 5) is 26.6. The second kappa shape index (κ2) is 11.0. The van der Waals surface area contributed by atoms with Gasteiger partial charge in [0.1, 0.15) is 11.4 Å². The molecule has 4 aromatic rings. The van der Waals surface area contributed by atoms with Crippen molar-refractivity contribution in [2.75, 3.05) is 29.9 Å². The number of hydrogen-bond acceptors (Lipinski definition) is 8. The van der Waals surface area contributed by atoms with Crippen molar-refractivity contribution in [1.82, 2.24) is 29.9 Å². The highest BCUT2D eigenvalue weighted by Crippen LogP contribution is 2.31. The van der Waals surface area contributed by atoms with E-state index < -0.39 is 18.0 Å². The summed E-state index contributed by atoms with van der Waals surface area (Å²) in [7, 11) is 0. The first-order chi connectivity index (χ1) is 20.1. The normalized spacial score (nSPS) is 17.7. The van der Waals surface area contributed by atoms with E-state index in [1.54, 1.807) is 30.1 Å². The number of aromatic nitrogens is 5. The molecule has 10 nitrogen and oxygen atoms in total. The maximum Gasteiger partial charge on any atom is 0.573 e. The monoisotopic (exact) mass is 578 g/mol. The number of nitrogens with one attached hydrogen (secondary N) is 1. The van der Waals surface area contributed by atoms with Crippen molar-refractivity contribution in [2.45, 2.75) is 45.1 Å². The Hall–Kier alpha value is -4.52. The molecular formula is C29H29F3N8O2. The van der Waals surface area contributed by atoms with Gasteiger partial charge in [-0.3, -0.25) is 19.7 Å². The number of halogens is 3. The molecule has 1 amide bonds. The van der Waals surface area contributed by atoms with E-state index in [9.17, 15) is 18.0 Å². The van der Waals surface area contributed by atoms with Gasteiger partial charge in [0.25, 0.3) is 5.91 Å². The van der Waals surface area contributed by atoms with Crippen molar-refractivity contribution in [1.29, 1.82) is 0 Å². The van der Waals surface area contributed by atoms with Gasteiger partial charge in [-0.25, -0.2) is 4.68 Å². The topological polar surface area (TPSA) is 101 Å². The first-order valence-electron chi connectivity index (χ1n) is 13.7. The summed E-state index contributed by atoms with van der Waals surface area (Å²) in [5.41, 5.74) is 4.04. The fourth-order valence-corrected chi connectivity index (χ4v) is 5.24. The Kier molecular flexibility index (Phi) is 7.27. The van der Waals surface area contributed by atoms with E-state index in [4.69, 9.17) is 0 Å². The summed E-state index contributed by atoms with van der Waals surface area (Å²) in [6.07, 6.45) is 4.60. The number of aryl methyl sites for hydroxylation is 1. The summed E-state index contributed by atoms with van der Waals surface area (Å²) in [6.45, 7) is 7.06. The number of anilines is 2. The number of ether oxygens (including phenoxy) is 1. The molecule has 13 heteroatoms. The van der Waals surface area contributed by atoms with Crippen LogP contribution in [-0.2, 0) is 0 Å². The zero-order valence-corrected chi connectivity index (χ0v) is 23.0. The van der Waals surface area contributed by atoms with Gasteiger partial charge in [-0.1, -0.05) is 11.3 Å². The number of pyridine rings is 2. The summed E-state index contributed by atoms with van der Waals surface area (Å²) < 4.78 is 43.2. The first-order valence-corrected chi connectivity index (χ1v) is 13.7. The number of alkyl halides is 3. The first kappa shape index (κ1) is 27.6. The fraction of sp³-hybridized carbons (Fsp3) is 0.345. The lowest BCUT2D eigenvalue weighted by Gasteiger charge is -2.41. The van der Waals surface area contributed by atoms with Crippen LogP contribution in [0.3, 0.4) is 0 Å². The Morgan fingerprint density at radius 2 is 1.93 bits per heavy atom. The fourth-order valence-electron chi connectivity index (χ4n) is 5.24. The van der Waals surface area contributed by atoms with Gasteiger partial charge < -0.3 is 15.0 Å². The average Bonchev–Trinajstić information content (AvgIpc) is 3.69. The van der Waals surface area contributed by atoms with Gasteiger partial charge in [0.05, 0.1) is 41.3 Å². The minimum absolute atomic E-state index is 0.00225. The minimum Gasteiger partial charge on any atom is -0.406 e. The largest absolute Gasteiger partial charge is 0.573 e. The molecule has 1 aliphatic carbocycles. The lowest BCUT2D eigenvalue weighted by Crippen LogP contribution is -2.52. The Morgan fingerprint density at radius 1 is 1.10 bits per heavy atom. The second-order valence-electron chi connectivity index (χ2n) is 10.6. The third-order valence-electron chi connectivity index (χ3n) is 7.46. The molecule has 0 spiro atoms. The van der Waals surface area contributed by atoms with Gasteiger partial charge >= 0.3 is 6.36 Å². The standard InChI is InChI=1S/C29H29F3N8O2/c1-18-16-38(23-6-7-23)8-9-39(18)24-10-21(13-33-15-24)26-17-40(37-36-26)27-12-22(14-34-19(27)2)35-28(41)20-4-3-5-25(11-20)42-29(30,31)32/h3-5,10-15,17-18,23H,6-9,16H2,1-2H3,(H,35,41). The molecule has 1 saturated heterocycles. The molecule has 0 bridgehead atoms. The highest BCUT2D eigenvalue weighted by molar-refractivity contribution is 6.04. The molecule has 1 saturated carbocycles. The number of rotatable bonds is 7. The number of amides is 1. The van der Waals surface area contributed by atoms with E-state index in [0.717, 1.165) is 49.1 Å². The second-order valence-corrected chi connectivity index (χ2v) is 10.6. The lowest BCUT2D eigenvalue weighted by molar-refractivity contribution is -0.274. The predicted octanol–water partition coefficient (Wildman–Crippen LogP) is 4.86.